The van der Waals surface area contributed by atoms with Crippen LogP contribution in [0.25, 0.3) is 0 Å². The monoisotopic (exact) mass is 318 g/mol. The molecule has 0 fully saturated rings. The van der Waals surface area contributed by atoms with Gasteiger partial charge in [0.1, 0.15) is 6.29 Å². The number of hydrogen-bond donors (Lipinski definition) is 0. The van der Waals surface area contributed by atoms with Crippen LogP contribution in [0.3, 0.4) is 0 Å². The minimum atomic E-state index is -0.0311. The average Bonchev–Trinajstić information content (AvgIpc) is 2.48. The van der Waals surface area contributed by atoms with E-state index in [1.807, 2.05) is 42.5 Å². The van der Waals surface area contributed by atoms with Crippen LogP contribution in [-0.2, 0) is 4.79 Å². The van der Waals surface area contributed by atoms with Crippen molar-refractivity contribution in [1.29, 1.82) is 0 Å². The number of rotatable bonds is 6. The molecule has 0 aromatic heterocycles. The molecule has 0 saturated carbocycles. The zero-order valence-corrected chi connectivity index (χ0v) is 13.8. The van der Waals surface area contributed by atoms with Crippen molar-refractivity contribution in [2.45, 2.75) is 24.0 Å². The van der Waals surface area contributed by atoms with Crippen molar-refractivity contribution in [3.05, 3.63) is 65.2 Å². The van der Waals surface area contributed by atoms with Gasteiger partial charge in [0, 0.05) is 21.1 Å². The molecule has 0 aliphatic heterocycles. The summed E-state index contributed by atoms with van der Waals surface area (Å²) in [7, 11) is 0. The minimum Gasteiger partial charge on any atom is -0.303 e. The summed E-state index contributed by atoms with van der Waals surface area (Å²) < 4.78 is 0. The first kappa shape index (κ1) is 16.1. The fraction of sp³-hybridized carbons (Fsp3) is 0.278. The Labute approximate surface area is 135 Å². The number of carbonyl (C=O) groups excluding carboxylic acids is 1. The Morgan fingerprint density at radius 1 is 1.00 bits per heavy atom. The van der Waals surface area contributed by atoms with Crippen molar-refractivity contribution < 1.29 is 4.79 Å². The lowest BCUT2D eigenvalue weighted by molar-refractivity contribution is -0.112. The van der Waals surface area contributed by atoms with Gasteiger partial charge in [0.05, 0.1) is 0 Å². The molecule has 0 aliphatic rings. The summed E-state index contributed by atoms with van der Waals surface area (Å²) >= 11 is 7.71. The van der Waals surface area contributed by atoms with Crippen LogP contribution in [0.2, 0.25) is 5.02 Å². The molecule has 0 aliphatic carbocycles. The lowest BCUT2D eigenvalue weighted by atomic mass is 9.90. The highest BCUT2D eigenvalue weighted by molar-refractivity contribution is 7.99. The summed E-state index contributed by atoms with van der Waals surface area (Å²) in [6, 6.07) is 18.0. The van der Waals surface area contributed by atoms with Crippen molar-refractivity contribution in [2.75, 3.05) is 0 Å². The van der Waals surface area contributed by atoms with Crippen LogP contribution >= 0.6 is 23.4 Å². The van der Waals surface area contributed by atoms with E-state index in [-0.39, 0.29) is 11.2 Å². The van der Waals surface area contributed by atoms with Crippen molar-refractivity contribution in [1.82, 2.24) is 0 Å². The largest absolute Gasteiger partial charge is 0.303 e. The summed E-state index contributed by atoms with van der Waals surface area (Å²) in [5, 5.41) is 0.816. The lowest BCUT2D eigenvalue weighted by Gasteiger charge is -2.26. The van der Waals surface area contributed by atoms with Crippen LogP contribution in [0.1, 0.15) is 24.7 Å². The summed E-state index contributed by atoms with van der Waals surface area (Å²) in [5.74, 6) is 0.260. The van der Waals surface area contributed by atoms with Crippen molar-refractivity contribution in [3.63, 3.8) is 0 Å². The maximum atomic E-state index is 11.6. The van der Waals surface area contributed by atoms with Crippen LogP contribution in [0.4, 0.5) is 0 Å². The van der Waals surface area contributed by atoms with Crippen LogP contribution in [0.15, 0.2) is 59.5 Å². The SMILES string of the molecule is CC(C)C(C=O)C(Sc1ccccc1)c1ccc(Cl)cc1. The molecule has 0 saturated heterocycles. The van der Waals surface area contributed by atoms with E-state index in [1.165, 1.54) is 4.90 Å². The highest BCUT2D eigenvalue weighted by atomic mass is 35.5. The first-order valence-corrected chi connectivity index (χ1v) is 8.30. The van der Waals surface area contributed by atoms with Gasteiger partial charge in [-0.25, -0.2) is 0 Å². The predicted octanol–water partition coefficient (Wildman–Crippen LogP) is 5.64. The quantitative estimate of drug-likeness (QED) is 0.506. The van der Waals surface area contributed by atoms with E-state index in [0.29, 0.717) is 5.92 Å². The zero-order chi connectivity index (χ0) is 15.2. The first-order chi connectivity index (χ1) is 10.1. The second-order valence-electron chi connectivity index (χ2n) is 5.36. The fourth-order valence-corrected chi connectivity index (χ4v) is 3.81. The van der Waals surface area contributed by atoms with Crippen LogP contribution in [-0.4, -0.2) is 6.29 Å². The molecule has 2 atom stereocenters. The lowest BCUT2D eigenvalue weighted by Crippen LogP contribution is -2.18. The zero-order valence-electron chi connectivity index (χ0n) is 12.2. The average molecular weight is 319 g/mol. The van der Waals surface area contributed by atoms with Gasteiger partial charge in [-0.1, -0.05) is 55.8 Å². The molecule has 21 heavy (non-hydrogen) atoms. The highest BCUT2D eigenvalue weighted by Crippen LogP contribution is 2.42. The number of hydrogen-bond acceptors (Lipinski definition) is 2. The third-order valence-electron chi connectivity index (χ3n) is 3.48. The molecule has 2 aromatic carbocycles. The van der Waals surface area contributed by atoms with Crippen molar-refractivity contribution in [3.8, 4) is 0 Å². The van der Waals surface area contributed by atoms with E-state index in [1.54, 1.807) is 11.8 Å². The summed E-state index contributed by atoms with van der Waals surface area (Å²) in [4.78, 5) is 12.8. The van der Waals surface area contributed by atoms with E-state index in [2.05, 4.69) is 26.0 Å². The topological polar surface area (TPSA) is 17.1 Å². The third kappa shape index (κ3) is 4.36. The van der Waals surface area contributed by atoms with Gasteiger partial charge in [-0.3, -0.25) is 0 Å². The molecule has 0 N–H and O–H groups in total. The predicted molar refractivity (Wildman–Crippen MR) is 90.9 cm³/mol. The molecule has 0 radical (unpaired) electrons. The van der Waals surface area contributed by atoms with Gasteiger partial charge in [-0.2, -0.15) is 0 Å². The van der Waals surface area contributed by atoms with E-state index in [4.69, 9.17) is 11.6 Å². The van der Waals surface area contributed by atoms with Gasteiger partial charge in [0.25, 0.3) is 0 Å². The van der Waals surface area contributed by atoms with Gasteiger partial charge < -0.3 is 4.79 Å². The van der Waals surface area contributed by atoms with E-state index in [9.17, 15) is 4.79 Å². The molecule has 0 spiro atoms. The van der Waals surface area contributed by atoms with Gasteiger partial charge in [0.2, 0.25) is 0 Å². The van der Waals surface area contributed by atoms with E-state index in [0.717, 1.165) is 16.9 Å². The maximum Gasteiger partial charge on any atom is 0.124 e. The number of carbonyl (C=O) groups is 1. The second-order valence-corrected chi connectivity index (χ2v) is 7.01. The van der Waals surface area contributed by atoms with Crippen LogP contribution in [0, 0.1) is 11.8 Å². The van der Waals surface area contributed by atoms with Gasteiger partial charge >= 0.3 is 0 Å². The Hall–Kier alpha value is -1.25. The molecule has 2 aromatic rings. The Kier molecular flexibility index (Phi) is 5.89. The summed E-state index contributed by atoms with van der Waals surface area (Å²) in [6.07, 6.45) is 1.08. The molecule has 0 amide bonds. The first-order valence-electron chi connectivity index (χ1n) is 7.04. The van der Waals surface area contributed by atoms with E-state index < -0.39 is 0 Å². The molecular formula is C18H19ClOS. The maximum absolute atomic E-state index is 11.6. The number of thioether (sulfide) groups is 1. The highest BCUT2D eigenvalue weighted by Gasteiger charge is 2.26. The third-order valence-corrected chi connectivity index (χ3v) is 5.12. The number of aldehydes is 1. The summed E-state index contributed by atoms with van der Waals surface area (Å²) in [5.41, 5.74) is 1.14. The molecule has 2 unspecified atom stereocenters. The molecule has 0 heterocycles. The molecular weight excluding hydrogens is 300 g/mol. The normalized spacial score (nSPS) is 13.9. The van der Waals surface area contributed by atoms with E-state index >= 15 is 0 Å². The van der Waals surface area contributed by atoms with Crippen molar-refractivity contribution >= 4 is 29.6 Å². The Balaban J connectivity index is 2.33. The Morgan fingerprint density at radius 2 is 1.62 bits per heavy atom. The number of halogens is 1. The standard InChI is InChI=1S/C18H19ClOS/c1-13(2)17(12-20)18(14-8-10-15(19)11-9-14)21-16-6-4-3-5-7-16/h3-13,17-18H,1-2H3. The van der Waals surface area contributed by atoms with Crippen LogP contribution in [0.5, 0.6) is 0 Å². The Bertz CT molecular complexity index is 566. The van der Waals surface area contributed by atoms with Gasteiger partial charge in [0.15, 0.2) is 0 Å². The second kappa shape index (κ2) is 7.67. The molecule has 110 valence electrons. The number of benzene rings is 2. The Morgan fingerprint density at radius 3 is 2.14 bits per heavy atom. The molecule has 1 nitrogen and oxygen atoms in total. The van der Waals surface area contributed by atoms with Crippen LogP contribution < -0.4 is 0 Å². The molecule has 3 heteroatoms. The summed E-state index contributed by atoms with van der Waals surface area (Å²) in [6.45, 7) is 4.18. The minimum absolute atomic E-state index is 0.0311. The van der Waals surface area contributed by atoms with Crippen molar-refractivity contribution in [2.24, 2.45) is 11.8 Å². The van der Waals surface area contributed by atoms with Gasteiger partial charge in [-0.05, 0) is 35.7 Å². The van der Waals surface area contributed by atoms with Gasteiger partial charge in [-0.15, -0.1) is 11.8 Å². The molecule has 0 bridgehead atoms. The smallest absolute Gasteiger partial charge is 0.124 e. The fourth-order valence-electron chi connectivity index (χ4n) is 2.25. The molecule has 2 rings (SSSR count).